The molecule has 0 bridgehead atoms. The van der Waals surface area contributed by atoms with E-state index in [4.69, 9.17) is 0 Å². The highest BCUT2D eigenvalue weighted by Gasteiger charge is 2.24. The summed E-state index contributed by atoms with van der Waals surface area (Å²) in [6.07, 6.45) is 1.89. The first kappa shape index (κ1) is 11.1. The second-order valence-corrected chi connectivity index (χ2v) is 4.29. The van der Waals surface area contributed by atoms with E-state index in [0.29, 0.717) is 6.42 Å². The molecule has 1 heterocycles. The molecule has 1 aromatic carbocycles. The molecule has 1 aromatic rings. The van der Waals surface area contributed by atoms with Crippen LogP contribution in [-0.2, 0) is 4.79 Å². The number of aliphatic hydroxyl groups is 1. The van der Waals surface area contributed by atoms with Crippen molar-refractivity contribution in [2.75, 3.05) is 6.54 Å². The molecule has 1 amide bonds. The highest BCUT2D eigenvalue weighted by molar-refractivity contribution is 5.79. The van der Waals surface area contributed by atoms with Crippen molar-refractivity contribution in [1.29, 1.82) is 0 Å². The van der Waals surface area contributed by atoms with Crippen LogP contribution in [0.1, 0.15) is 30.9 Å². The molecule has 1 aliphatic rings. The van der Waals surface area contributed by atoms with Gasteiger partial charge in [-0.3, -0.25) is 4.79 Å². The van der Waals surface area contributed by atoms with Gasteiger partial charge in [-0.1, -0.05) is 30.3 Å². The third-order valence-corrected chi connectivity index (χ3v) is 3.09. The number of piperidine rings is 1. The quantitative estimate of drug-likeness (QED) is 0.812. The van der Waals surface area contributed by atoms with Crippen LogP contribution in [-0.4, -0.2) is 17.6 Å². The Hall–Kier alpha value is -1.35. The molecule has 16 heavy (non-hydrogen) atoms. The van der Waals surface area contributed by atoms with Crippen LogP contribution in [0.5, 0.6) is 0 Å². The average molecular weight is 219 g/mol. The van der Waals surface area contributed by atoms with E-state index < -0.39 is 6.10 Å². The summed E-state index contributed by atoms with van der Waals surface area (Å²) in [6.45, 7) is 0.775. The molecule has 2 unspecified atom stereocenters. The van der Waals surface area contributed by atoms with E-state index in [9.17, 15) is 9.90 Å². The Morgan fingerprint density at radius 1 is 1.38 bits per heavy atom. The SMILES string of the molecule is O=C1NCCCC1CC(O)c1ccccc1. The molecule has 1 aliphatic heterocycles. The molecular formula is C13H17NO2. The zero-order valence-electron chi connectivity index (χ0n) is 9.23. The van der Waals surface area contributed by atoms with Crippen molar-refractivity contribution in [1.82, 2.24) is 5.32 Å². The summed E-state index contributed by atoms with van der Waals surface area (Å²) in [4.78, 5) is 11.5. The van der Waals surface area contributed by atoms with E-state index in [0.717, 1.165) is 24.9 Å². The highest BCUT2D eigenvalue weighted by atomic mass is 16.3. The van der Waals surface area contributed by atoms with E-state index in [-0.39, 0.29) is 11.8 Å². The van der Waals surface area contributed by atoms with Crippen LogP contribution < -0.4 is 5.32 Å². The van der Waals surface area contributed by atoms with E-state index in [1.807, 2.05) is 30.3 Å². The van der Waals surface area contributed by atoms with E-state index in [2.05, 4.69) is 5.32 Å². The molecule has 0 spiro atoms. The predicted octanol–water partition coefficient (Wildman–Crippen LogP) is 1.64. The van der Waals surface area contributed by atoms with Crippen molar-refractivity contribution in [3.05, 3.63) is 35.9 Å². The number of hydrogen-bond donors (Lipinski definition) is 2. The van der Waals surface area contributed by atoms with Gasteiger partial charge in [-0.15, -0.1) is 0 Å². The number of benzene rings is 1. The standard InChI is InChI=1S/C13H17NO2/c15-12(10-5-2-1-3-6-10)9-11-7-4-8-14-13(11)16/h1-3,5-6,11-12,15H,4,7-9H2,(H,14,16). The molecule has 2 N–H and O–H groups in total. The Labute approximate surface area is 95.5 Å². The molecule has 0 saturated carbocycles. The van der Waals surface area contributed by atoms with Crippen molar-refractivity contribution in [2.24, 2.45) is 5.92 Å². The maximum Gasteiger partial charge on any atom is 0.223 e. The van der Waals surface area contributed by atoms with E-state index in [1.165, 1.54) is 0 Å². The third-order valence-electron chi connectivity index (χ3n) is 3.09. The number of carbonyl (C=O) groups is 1. The minimum Gasteiger partial charge on any atom is -0.388 e. The second kappa shape index (κ2) is 5.12. The molecule has 3 heteroatoms. The van der Waals surface area contributed by atoms with Gasteiger partial charge in [0.05, 0.1) is 6.10 Å². The van der Waals surface area contributed by atoms with Crippen molar-refractivity contribution in [2.45, 2.75) is 25.4 Å². The lowest BCUT2D eigenvalue weighted by atomic mass is 9.90. The summed E-state index contributed by atoms with van der Waals surface area (Å²) in [5.41, 5.74) is 0.890. The van der Waals surface area contributed by atoms with Gasteiger partial charge in [0.1, 0.15) is 0 Å². The lowest BCUT2D eigenvalue weighted by molar-refractivity contribution is -0.127. The monoisotopic (exact) mass is 219 g/mol. The Morgan fingerprint density at radius 2 is 2.12 bits per heavy atom. The molecule has 3 nitrogen and oxygen atoms in total. The molecule has 2 atom stereocenters. The molecular weight excluding hydrogens is 202 g/mol. The Morgan fingerprint density at radius 3 is 2.81 bits per heavy atom. The topological polar surface area (TPSA) is 49.3 Å². The van der Waals surface area contributed by atoms with Crippen LogP contribution in [0, 0.1) is 5.92 Å². The molecule has 0 radical (unpaired) electrons. The van der Waals surface area contributed by atoms with E-state index >= 15 is 0 Å². The summed E-state index contributed by atoms with van der Waals surface area (Å²) in [7, 11) is 0. The van der Waals surface area contributed by atoms with Gasteiger partial charge in [-0.2, -0.15) is 0 Å². The number of hydrogen-bond acceptors (Lipinski definition) is 2. The van der Waals surface area contributed by atoms with Gasteiger partial charge in [-0.25, -0.2) is 0 Å². The minimum absolute atomic E-state index is 0.0380. The molecule has 1 fully saturated rings. The first-order valence-electron chi connectivity index (χ1n) is 5.78. The van der Waals surface area contributed by atoms with Crippen LogP contribution in [0.25, 0.3) is 0 Å². The fraction of sp³-hybridized carbons (Fsp3) is 0.462. The highest BCUT2D eigenvalue weighted by Crippen LogP contribution is 2.25. The van der Waals surface area contributed by atoms with Gasteiger partial charge in [-0.05, 0) is 24.8 Å². The molecule has 2 rings (SSSR count). The van der Waals surface area contributed by atoms with Gasteiger partial charge in [0, 0.05) is 12.5 Å². The Bertz CT molecular complexity index is 350. The van der Waals surface area contributed by atoms with Gasteiger partial charge >= 0.3 is 0 Å². The van der Waals surface area contributed by atoms with Crippen molar-refractivity contribution in [3.63, 3.8) is 0 Å². The van der Waals surface area contributed by atoms with Gasteiger partial charge in [0.25, 0.3) is 0 Å². The molecule has 0 aliphatic carbocycles. The summed E-state index contributed by atoms with van der Waals surface area (Å²) in [5.74, 6) is 0.0465. The number of rotatable bonds is 3. The summed E-state index contributed by atoms with van der Waals surface area (Å²) < 4.78 is 0. The molecule has 86 valence electrons. The maximum atomic E-state index is 11.5. The second-order valence-electron chi connectivity index (χ2n) is 4.29. The fourth-order valence-electron chi connectivity index (χ4n) is 2.14. The van der Waals surface area contributed by atoms with Crippen LogP contribution in [0.15, 0.2) is 30.3 Å². The summed E-state index contributed by atoms with van der Waals surface area (Å²) in [5, 5.41) is 12.8. The average Bonchev–Trinajstić information content (AvgIpc) is 2.33. The summed E-state index contributed by atoms with van der Waals surface area (Å²) >= 11 is 0. The van der Waals surface area contributed by atoms with Crippen LogP contribution in [0.2, 0.25) is 0 Å². The van der Waals surface area contributed by atoms with Crippen molar-refractivity contribution in [3.8, 4) is 0 Å². The fourth-order valence-corrected chi connectivity index (χ4v) is 2.14. The lowest BCUT2D eigenvalue weighted by Crippen LogP contribution is -2.37. The van der Waals surface area contributed by atoms with Crippen molar-refractivity contribution >= 4 is 5.91 Å². The van der Waals surface area contributed by atoms with Crippen LogP contribution in [0.4, 0.5) is 0 Å². The largest absolute Gasteiger partial charge is 0.388 e. The zero-order chi connectivity index (χ0) is 11.4. The lowest BCUT2D eigenvalue weighted by Gasteiger charge is -2.24. The van der Waals surface area contributed by atoms with E-state index in [1.54, 1.807) is 0 Å². The molecule has 1 saturated heterocycles. The number of carbonyl (C=O) groups excluding carboxylic acids is 1. The first-order valence-corrected chi connectivity index (χ1v) is 5.78. The number of amides is 1. The first-order chi connectivity index (χ1) is 7.77. The summed E-state index contributed by atoms with van der Waals surface area (Å²) in [6, 6.07) is 9.51. The smallest absolute Gasteiger partial charge is 0.223 e. The number of aliphatic hydroxyl groups excluding tert-OH is 1. The normalized spacial score (nSPS) is 22.6. The third kappa shape index (κ3) is 2.61. The van der Waals surface area contributed by atoms with Crippen LogP contribution in [0.3, 0.4) is 0 Å². The Kier molecular flexibility index (Phi) is 3.57. The zero-order valence-corrected chi connectivity index (χ0v) is 9.23. The predicted molar refractivity (Wildman–Crippen MR) is 61.8 cm³/mol. The van der Waals surface area contributed by atoms with Crippen molar-refractivity contribution < 1.29 is 9.90 Å². The maximum absolute atomic E-state index is 11.5. The van der Waals surface area contributed by atoms with Gasteiger partial charge < -0.3 is 10.4 Å². The Balaban J connectivity index is 1.96. The molecule has 0 aromatic heterocycles. The minimum atomic E-state index is -0.532. The van der Waals surface area contributed by atoms with Gasteiger partial charge in [0.15, 0.2) is 0 Å². The van der Waals surface area contributed by atoms with Gasteiger partial charge in [0.2, 0.25) is 5.91 Å². The van der Waals surface area contributed by atoms with Crippen LogP contribution >= 0.6 is 0 Å². The number of nitrogens with one attached hydrogen (secondary N) is 1.